The monoisotopic (exact) mass is 314 g/mol. The first-order chi connectivity index (χ1) is 9.60. The van der Waals surface area contributed by atoms with Crippen molar-refractivity contribution in [3.05, 3.63) is 46.3 Å². The molecule has 108 valence electrons. The van der Waals surface area contributed by atoms with Crippen LogP contribution < -0.4 is 21.6 Å². The molecule has 1 fully saturated rings. The minimum atomic E-state index is 0.337. The van der Waals surface area contributed by atoms with Crippen molar-refractivity contribution in [2.75, 3.05) is 25.4 Å². The molecule has 5 N–H and O–H groups in total. The lowest BCUT2D eigenvalue weighted by Crippen LogP contribution is -2.20. The molecule has 1 saturated heterocycles. The van der Waals surface area contributed by atoms with Crippen molar-refractivity contribution in [3.8, 4) is 5.75 Å². The van der Waals surface area contributed by atoms with Crippen LogP contribution in [0.25, 0.3) is 0 Å². The predicted molar refractivity (Wildman–Crippen MR) is 82.5 cm³/mol. The van der Waals surface area contributed by atoms with Gasteiger partial charge in [0, 0.05) is 31.8 Å². The molecule has 7 heteroatoms. The van der Waals surface area contributed by atoms with E-state index in [-0.39, 0.29) is 0 Å². The summed E-state index contributed by atoms with van der Waals surface area (Å²) in [5.41, 5.74) is 14.6. The van der Waals surface area contributed by atoms with Gasteiger partial charge in [0.25, 0.3) is 0 Å². The molecule has 0 spiro atoms. The van der Waals surface area contributed by atoms with Crippen LogP contribution in [0.2, 0.25) is 10.0 Å². The molecule has 1 aromatic carbocycles. The zero-order valence-corrected chi connectivity index (χ0v) is 12.3. The smallest absolute Gasteiger partial charge is 0.130 e. The van der Waals surface area contributed by atoms with Gasteiger partial charge >= 0.3 is 0 Å². The van der Waals surface area contributed by atoms with Gasteiger partial charge in [0.2, 0.25) is 0 Å². The number of hydrogen-bond acceptors (Lipinski definition) is 5. The molecule has 0 amide bonds. The molecule has 20 heavy (non-hydrogen) atoms. The SMILES string of the molecule is N/C=C\C(=C/CNN1CC1)Oc1cc(Cl)c(N)c(Cl)c1. The summed E-state index contributed by atoms with van der Waals surface area (Å²) in [5, 5.41) is 2.79. The summed E-state index contributed by atoms with van der Waals surface area (Å²) in [6, 6.07) is 3.22. The lowest BCUT2D eigenvalue weighted by atomic mass is 10.3. The molecule has 2 rings (SSSR count). The Kier molecular flexibility index (Phi) is 5.14. The largest absolute Gasteiger partial charge is 0.457 e. The average Bonchev–Trinajstić information content (AvgIpc) is 3.20. The number of nitrogens with one attached hydrogen (secondary N) is 1. The van der Waals surface area contributed by atoms with Crippen LogP contribution in [0.5, 0.6) is 5.75 Å². The van der Waals surface area contributed by atoms with E-state index in [0.29, 0.717) is 33.8 Å². The van der Waals surface area contributed by atoms with Crippen molar-refractivity contribution in [1.82, 2.24) is 10.4 Å². The Morgan fingerprint density at radius 3 is 2.55 bits per heavy atom. The Morgan fingerprint density at radius 2 is 2.00 bits per heavy atom. The average molecular weight is 315 g/mol. The van der Waals surface area contributed by atoms with E-state index >= 15 is 0 Å². The molecule has 0 atom stereocenters. The van der Waals surface area contributed by atoms with Gasteiger partial charge in [-0.2, -0.15) is 0 Å². The molecule has 0 aromatic heterocycles. The van der Waals surface area contributed by atoms with Crippen molar-refractivity contribution >= 4 is 28.9 Å². The second-order valence-corrected chi connectivity index (χ2v) is 5.03. The van der Waals surface area contributed by atoms with E-state index in [1.165, 1.54) is 6.20 Å². The number of anilines is 1. The standard InChI is InChI=1S/C13H16Cl2N4O/c14-11-7-10(8-12(15)13(11)17)20-9(1-3-16)2-4-18-19-5-6-19/h1-3,7-8,18H,4-6,16-17H2/b3-1-,9-2+. The summed E-state index contributed by atoms with van der Waals surface area (Å²) in [5.74, 6) is 1.10. The van der Waals surface area contributed by atoms with Crippen molar-refractivity contribution in [3.63, 3.8) is 0 Å². The highest BCUT2D eigenvalue weighted by Crippen LogP contribution is 2.33. The summed E-state index contributed by atoms with van der Waals surface area (Å²) >= 11 is 11.9. The van der Waals surface area contributed by atoms with Gasteiger partial charge in [-0.05, 0) is 18.4 Å². The number of halogens is 2. The van der Waals surface area contributed by atoms with E-state index in [4.69, 9.17) is 39.4 Å². The van der Waals surface area contributed by atoms with Crippen molar-refractivity contribution < 1.29 is 4.74 Å². The molecule has 1 aromatic rings. The van der Waals surface area contributed by atoms with Crippen molar-refractivity contribution in [1.29, 1.82) is 0 Å². The van der Waals surface area contributed by atoms with E-state index in [0.717, 1.165) is 13.1 Å². The number of ether oxygens (including phenoxy) is 1. The molecule has 1 heterocycles. The normalized spacial score (nSPS) is 15.8. The summed E-state index contributed by atoms with van der Waals surface area (Å²) in [7, 11) is 0. The van der Waals surface area contributed by atoms with Crippen LogP contribution in [0.15, 0.2) is 36.2 Å². The number of nitrogens with two attached hydrogens (primary N) is 2. The van der Waals surface area contributed by atoms with Gasteiger partial charge in [0.15, 0.2) is 0 Å². The maximum Gasteiger partial charge on any atom is 0.130 e. The molecule has 1 aliphatic heterocycles. The third kappa shape index (κ3) is 4.31. The highest BCUT2D eigenvalue weighted by molar-refractivity contribution is 6.39. The van der Waals surface area contributed by atoms with Gasteiger partial charge in [0.1, 0.15) is 11.5 Å². The minimum absolute atomic E-state index is 0.337. The Balaban J connectivity index is 2.06. The molecule has 0 saturated carbocycles. The van der Waals surface area contributed by atoms with Gasteiger partial charge in [-0.15, -0.1) is 0 Å². The fourth-order valence-corrected chi connectivity index (χ4v) is 1.95. The van der Waals surface area contributed by atoms with Crippen LogP contribution in [0.3, 0.4) is 0 Å². The molecule has 0 unspecified atom stereocenters. The second kappa shape index (κ2) is 6.85. The number of benzene rings is 1. The Morgan fingerprint density at radius 1 is 1.35 bits per heavy atom. The van der Waals surface area contributed by atoms with E-state index in [1.807, 2.05) is 6.08 Å². The number of nitrogens with zero attached hydrogens (tertiary/aromatic N) is 1. The molecular formula is C13H16Cl2N4O. The zero-order valence-electron chi connectivity index (χ0n) is 10.8. The summed E-state index contributed by atoms with van der Waals surface area (Å²) in [6.45, 7) is 2.79. The Labute approximate surface area is 127 Å². The van der Waals surface area contributed by atoms with Gasteiger partial charge in [-0.25, -0.2) is 5.01 Å². The fourth-order valence-electron chi connectivity index (χ4n) is 1.48. The third-order valence-corrected chi connectivity index (χ3v) is 3.24. The quantitative estimate of drug-likeness (QED) is 0.324. The van der Waals surface area contributed by atoms with E-state index < -0.39 is 0 Å². The predicted octanol–water partition coefficient (Wildman–Crippen LogP) is 2.13. The molecule has 0 aliphatic carbocycles. The van der Waals surface area contributed by atoms with Crippen LogP contribution in [0, 0.1) is 0 Å². The number of rotatable bonds is 6. The zero-order chi connectivity index (χ0) is 14.5. The van der Waals surface area contributed by atoms with Crippen LogP contribution in [-0.4, -0.2) is 24.6 Å². The van der Waals surface area contributed by atoms with Crippen molar-refractivity contribution in [2.45, 2.75) is 0 Å². The molecule has 0 bridgehead atoms. The maximum absolute atomic E-state index is 5.96. The Hall–Kier alpha value is -1.40. The highest BCUT2D eigenvalue weighted by atomic mass is 35.5. The lowest BCUT2D eigenvalue weighted by Gasteiger charge is -2.10. The van der Waals surface area contributed by atoms with E-state index in [2.05, 4.69) is 10.4 Å². The molecule has 0 radical (unpaired) electrons. The minimum Gasteiger partial charge on any atom is -0.457 e. The first-order valence-corrected chi connectivity index (χ1v) is 6.85. The number of hydrogen-bond donors (Lipinski definition) is 3. The Bertz CT molecular complexity index is 518. The van der Waals surface area contributed by atoms with Crippen molar-refractivity contribution in [2.24, 2.45) is 5.73 Å². The topological polar surface area (TPSA) is 76.3 Å². The first-order valence-electron chi connectivity index (χ1n) is 6.09. The summed E-state index contributed by atoms with van der Waals surface area (Å²) in [6.07, 6.45) is 4.94. The van der Waals surface area contributed by atoms with Crippen LogP contribution in [-0.2, 0) is 0 Å². The van der Waals surface area contributed by atoms with Gasteiger partial charge in [0.05, 0.1) is 15.7 Å². The van der Waals surface area contributed by atoms with Gasteiger partial charge < -0.3 is 16.2 Å². The van der Waals surface area contributed by atoms with Crippen LogP contribution in [0.4, 0.5) is 5.69 Å². The number of allylic oxidation sites excluding steroid dienone is 1. The van der Waals surface area contributed by atoms with Gasteiger partial charge in [-0.1, -0.05) is 23.2 Å². The molecular weight excluding hydrogens is 299 g/mol. The summed E-state index contributed by atoms with van der Waals surface area (Å²) in [4.78, 5) is 0. The highest BCUT2D eigenvalue weighted by Gasteiger charge is 2.15. The lowest BCUT2D eigenvalue weighted by molar-refractivity contribution is 0.414. The third-order valence-electron chi connectivity index (χ3n) is 2.61. The second-order valence-electron chi connectivity index (χ2n) is 4.22. The first kappa shape index (κ1) is 15.0. The maximum atomic E-state index is 5.96. The van der Waals surface area contributed by atoms with E-state index in [9.17, 15) is 0 Å². The number of hydrazine groups is 1. The van der Waals surface area contributed by atoms with Gasteiger partial charge in [-0.3, -0.25) is 5.43 Å². The molecule has 5 nitrogen and oxygen atoms in total. The van der Waals surface area contributed by atoms with E-state index in [1.54, 1.807) is 18.2 Å². The van der Waals surface area contributed by atoms with Crippen LogP contribution in [0.1, 0.15) is 0 Å². The number of nitrogen functional groups attached to an aromatic ring is 1. The fraction of sp³-hybridized carbons (Fsp3) is 0.231. The molecule has 1 aliphatic rings. The summed E-state index contributed by atoms with van der Waals surface area (Å²) < 4.78 is 5.69. The van der Waals surface area contributed by atoms with Crippen LogP contribution >= 0.6 is 23.2 Å².